The molecule has 220 valence electrons. The molecule has 4 aromatic rings. The van der Waals surface area contributed by atoms with Gasteiger partial charge in [0, 0.05) is 19.0 Å². The molecule has 0 amide bonds. The molecular weight excluding hydrogens is 545 g/mol. The van der Waals surface area contributed by atoms with Gasteiger partial charge < -0.3 is 5.48 Å². The van der Waals surface area contributed by atoms with Gasteiger partial charge in [0.15, 0.2) is 0 Å². The summed E-state index contributed by atoms with van der Waals surface area (Å²) >= 11 is 0. The second-order valence-electron chi connectivity index (χ2n) is 13.1. The largest absolute Gasteiger partial charge is 0.412 e. The van der Waals surface area contributed by atoms with Crippen molar-refractivity contribution in [1.29, 1.82) is 0 Å². The maximum atomic E-state index is 14.1. The van der Waals surface area contributed by atoms with Gasteiger partial charge in [-0.15, -0.1) is 0 Å². The van der Waals surface area contributed by atoms with Crippen LogP contribution >= 0.6 is 0 Å². The van der Waals surface area contributed by atoms with E-state index >= 15 is 0 Å². The lowest BCUT2D eigenvalue weighted by Gasteiger charge is -2.51. The predicted octanol–water partition coefficient (Wildman–Crippen LogP) is 6.56. The first-order valence-corrected chi connectivity index (χ1v) is 16.0. The lowest BCUT2D eigenvalue weighted by molar-refractivity contribution is 0.0369. The quantitative estimate of drug-likeness (QED) is 0.246. The Labute approximate surface area is 250 Å². The minimum atomic E-state index is -1.21. The summed E-state index contributed by atoms with van der Waals surface area (Å²) in [5, 5.41) is 4.82. The van der Waals surface area contributed by atoms with Crippen molar-refractivity contribution >= 4 is 11.0 Å². The third-order valence-corrected chi connectivity index (χ3v) is 12.0. The third kappa shape index (κ3) is 4.57. The van der Waals surface area contributed by atoms with Gasteiger partial charge in [-0.25, -0.2) is 17.6 Å². The van der Waals surface area contributed by atoms with Crippen LogP contribution in [0.15, 0.2) is 90.0 Å². The molecule has 42 heavy (non-hydrogen) atoms. The van der Waals surface area contributed by atoms with Gasteiger partial charge in [0.1, 0.15) is 16.8 Å². The second-order valence-corrected chi connectivity index (χ2v) is 14.6. The fraction of sp³-hybridized carbons (Fsp3) is 0.400. The molecule has 7 rings (SSSR count). The molecule has 0 bridgehead atoms. The molecule has 3 aliphatic rings. The topological polar surface area (TPSA) is 69.6 Å². The molecule has 5 nitrogen and oxygen atoms in total. The molecular formula is C35H40FN3O2S. The van der Waals surface area contributed by atoms with E-state index in [4.69, 9.17) is 5.10 Å². The molecule has 0 radical (unpaired) electrons. The number of halogens is 1. The molecule has 4 unspecified atom stereocenters. The lowest BCUT2D eigenvalue weighted by atomic mass is 9.59. The van der Waals surface area contributed by atoms with Crippen LogP contribution in [0.4, 0.5) is 4.39 Å². The summed E-state index contributed by atoms with van der Waals surface area (Å²) in [4.78, 5) is 0.888. The molecule has 1 aliphatic heterocycles. The van der Waals surface area contributed by atoms with Gasteiger partial charge >= 0.3 is 0 Å². The minimum absolute atomic E-state index is 0. The molecule has 2 N–H and O–H groups in total. The number of aromatic nitrogens is 2. The second kappa shape index (κ2) is 10.5. The van der Waals surface area contributed by atoms with Crippen LogP contribution in [0.5, 0.6) is 0 Å². The highest BCUT2D eigenvalue weighted by atomic mass is 32.2. The van der Waals surface area contributed by atoms with E-state index in [-0.39, 0.29) is 27.5 Å². The zero-order chi connectivity index (χ0) is 28.4. The van der Waals surface area contributed by atoms with E-state index in [1.165, 1.54) is 34.5 Å². The van der Waals surface area contributed by atoms with Gasteiger partial charge in [0.25, 0.3) is 0 Å². The first-order chi connectivity index (χ1) is 19.8. The van der Waals surface area contributed by atoms with Crippen LogP contribution in [-0.4, -0.2) is 36.9 Å². The Morgan fingerprint density at radius 1 is 1.02 bits per heavy atom. The highest BCUT2D eigenvalue weighted by Crippen LogP contribution is 2.76. The Morgan fingerprint density at radius 2 is 1.74 bits per heavy atom. The van der Waals surface area contributed by atoms with Gasteiger partial charge in [-0.05, 0) is 101 Å². The lowest BCUT2D eigenvalue weighted by Crippen LogP contribution is -2.54. The number of rotatable bonds is 7. The smallest absolute Gasteiger partial charge is 0.127 e. The predicted molar refractivity (Wildman–Crippen MR) is 166 cm³/mol. The Kier molecular flexibility index (Phi) is 7.27. The van der Waals surface area contributed by atoms with E-state index in [9.17, 15) is 8.60 Å². The van der Waals surface area contributed by atoms with Gasteiger partial charge in [-0.1, -0.05) is 63.2 Å². The molecule has 4 atom stereocenters. The van der Waals surface area contributed by atoms with Gasteiger partial charge in [0.2, 0.25) is 0 Å². The molecule has 1 spiro atoms. The number of benzene rings is 3. The highest BCUT2D eigenvalue weighted by molar-refractivity contribution is 7.82. The summed E-state index contributed by atoms with van der Waals surface area (Å²) in [6, 6.07) is 25.9. The monoisotopic (exact) mass is 585 g/mol. The Bertz CT molecular complexity index is 1600. The van der Waals surface area contributed by atoms with E-state index in [0.717, 1.165) is 55.8 Å². The third-order valence-electron chi connectivity index (χ3n) is 10.6. The summed E-state index contributed by atoms with van der Waals surface area (Å²) in [6.45, 7) is 8.36. The summed E-state index contributed by atoms with van der Waals surface area (Å²) < 4.78 is 32.0. The zero-order valence-corrected chi connectivity index (χ0v) is 25.5. The molecule has 1 saturated carbocycles. The molecule has 7 heteroatoms. The van der Waals surface area contributed by atoms with Crippen molar-refractivity contribution in [2.45, 2.75) is 69.1 Å². The SMILES string of the molecule is CCC(C)(C)c1ccc(S(=O)N2CCC34CC3c3c(cnn3-c3ccc(F)cc3)CC4(Cc3ccccc3)C2)cc1.O. The maximum absolute atomic E-state index is 14.1. The summed E-state index contributed by atoms with van der Waals surface area (Å²) in [7, 11) is -1.21. The fourth-order valence-corrected chi connectivity index (χ4v) is 9.06. The summed E-state index contributed by atoms with van der Waals surface area (Å²) in [5.74, 6) is 0.178. The molecule has 1 saturated heterocycles. The van der Waals surface area contributed by atoms with E-state index in [1.807, 2.05) is 23.0 Å². The average Bonchev–Trinajstić information content (AvgIpc) is 3.59. The highest BCUT2D eigenvalue weighted by Gasteiger charge is 2.71. The maximum Gasteiger partial charge on any atom is 0.127 e. The van der Waals surface area contributed by atoms with E-state index < -0.39 is 11.0 Å². The van der Waals surface area contributed by atoms with Gasteiger partial charge in [0.05, 0.1) is 22.5 Å². The van der Waals surface area contributed by atoms with Crippen LogP contribution in [0.2, 0.25) is 0 Å². The number of hydrogen-bond acceptors (Lipinski definition) is 2. The molecule has 2 aliphatic carbocycles. The number of fused-ring (bicyclic) bond motifs is 2. The normalized spacial score (nSPS) is 25.5. The van der Waals surface area contributed by atoms with Crippen LogP contribution in [0.1, 0.15) is 68.3 Å². The van der Waals surface area contributed by atoms with E-state index in [2.05, 4.69) is 79.7 Å². The van der Waals surface area contributed by atoms with E-state index in [0.29, 0.717) is 5.92 Å². The van der Waals surface area contributed by atoms with Crippen molar-refractivity contribution in [2.75, 3.05) is 13.1 Å². The van der Waals surface area contributed by atoms with Gasteiger partial charge in [-0.2, -0.15) is 5.10 Å². The molecule has 3 aromatic carbocycles. The zero-order valence-electron chi connectivity index (χ0n) is 24.6. The molecule has 2 fully saturated rings. The van der Waals surface area contributed by atoms with Crippen molar-refractivity contribution < 1.29 is 14.1 Å². The first kappa shape index (κ1) is 29.0. The Hall–Kier alpha value is -3.13. The Morgan fingerprint density at radius 3 is 2.43 bits per heavy atom. The molecule has 2 heterocycles. The first-order valence-electron chi connectivity index (χ1n) is 14.9. The summed E-state index contributed by atoms with van der Waals surface area (Å²) in [5.41, 5.74) is 6.36. The van der Waals surface area contributed by atoms with Crippen molar-refractivity contribution in [2.24, 2.45) is 10.8 Å². The van der Waals surface area contributed by atoms with Crippen molar-refractivity contribution in [3.63, 3.8) is 0 Å². The minimum Gasteiger partial charge on any atom is -0.412 e. The van der Waals surface area contributed by atoms with Crippen molar-refractivity contribution in [1.82, 2.24) is 14.1 Å². The van der Waals surface area contributed by atoms with E-state index in [1.54, 1.807) is 0 Å². The number of nitrogens with zero attached hydrogens (tertiary/aromatic N) is 3. The average molecular weight is 586 g/mol. The van der Waals surface area contributed by atoms with Crippen LogP contribution < -0.4 is 0 Å². The molecule has 1 aromatic heterocycles. The van der Waals surface area contributed by atoms with Crippen molar-refractivity contribution in [3.05, 3.63) is 113 Å². The van der Waals surface area contributed by atoms with Gasteiger partial charge in [-0.3, -0.25) is 0 Å². The standard InChI is InChI=1S/C35H38FN3OS.H2O/c1-4-33(2,3)27-10-16-30(17-11-27)41(40)38-19-18-35-22-31(35)32-26(23-37-39(32)29-14-12-28(36)13-15-29)21-34(35,24-38)20-25-8-6-5-7-9-25;/h5-17,23,31H,4,18-22,24H2,1-3H3;1H2. The van der Waals surface area contributed by atoms with Crippen molar-refractivity contribution in [3.8, 4) is 5.69 Å². The van der Waals surface area contributed by atoms with Crippen LogP contribution in [0, 0.1) is 16.6 Å². The van der Waals surface area contributed by atoms with Crippen LogP contribution in [0.25, 0.3) is 5.69 Å². The Balaban J connectivity index is 0.00000316. The van der Waals surface area contributed by atoms with Crippen LogP contribution in [-0.2, 0) is 29.2 Å². The van der Waals surface area contributed by atoms with Crippen LogP contribution in [0.3, 0.4) is 0 Å². The number of piperidine rings is 1. The summed E-state index contributed by atoms with van der Waals surface area (Å²) in [6.07, 6.45) is 7.10. The fourth-order valence-electron chi connectivity index (χ4n) is 7.77. The number of hydrogen-bond donors (Lipinski definition) is 0.